The number of aromatic nitrogens is 1. The van der Waals surface area contributed by atoms with Gasteiger partial charge in [-0.1, -0.05) is 18.2 Å². The van der Waals surface area contributed by atoms with Crippen LogP contribution in [0.15, 0.2) is 59.1 Å². The van der Waals surface area contributed by atoms with Crippen molar-refractivity contribution in [1.29, 1.82) is 0 Å². The molecule has 1 amide bonds. The van der Waals surface area contributed by atoms with Crippen LogP contribution in [0.4, 0.5) is 0 Å². The molecule has 9 nitrogen and oxygen atoms in total. The molecule has 0 atom stereocenters. The van der Waals surface area contributed by atoms with Crippen molar-refractivity contribution in [2.75, 3.05) is 32.6 Å². The number of H-pyrrole nitrogens is 1. The highest BCUT2D eigenvalue weighted by Crippen LogP contribution is 2.37. The third kappa shape index (κ3) is 7.12. The highest BCUT2D eigenvalue weighted by atomic mass is 32.2. The molecule has 0 saturated carbocycles. The molecule has 1 aliphatic rings. The number of nitrogens with two attached hydrogens (primary N) is 1. The monoisotopic (exact) mass is 592 g/mol. The maximum absolute atomic E-state index is 12.8. The summed E-state index contributed by atoms with van der Waals surface area (Å²) < 4.78 is 37.9. The minimum atomic E-state index is -3.30. The average Bonchev–Trinajstić information content (AvgIpc) is 3.59. The van der Waals surface area contributed by atoms with Crippen LogP contribution in [0.2, 0.25) is 0 Å². The number of furan rings is 1. The Bertz CT molecular complexity index is 1630. The molecule has 0 aliphatic carbocycles. The molecular weight excluding hydrogens is 552 g/mol. The molecule has 0 bridgehead atoms. The van der Waals surface area contributed by atoms with Crippen molar-refractivity contribution in [1.82, 2.24) is 14.6 Å². The number of aryl methyl sites for hydroxylation is 1. The second-order valence-electron chi connectivity index (χ2n) is 11.1. The number of hydrogen-bond acceptors (Lipinski definition) is 6. The van der Waals surface area contributed by atoms with E-state index < -0.39 is 10.0 Å². The number of carbonyl (C=O) groups is 1. The summed E-state index contributed by atoms with van der Waals surface area (Å²) in [7, 11) is -1.71. The fourth-order valence-corrected chi connectivity index (χ4v) is 7.40. The van der Waals surface area contributed by atoms with Crippen molar-refractivity contribution in [3.8, 4) is 11.1 Å². The van der Waals surface area contributed by atoms with Crippen LogP contribution in [0.3, 0.4) is 0 Å². The molecule has 5 rings (SSSR count). The predicted octanol–water partition coefficient (Wildman–Crippen LogP) is 4.60. The number of aromatic amines is 1. The number of nitrogens with one attached hydrogen (secondary N) is 2. The molecule has 1 saturated heterocycles. The number of fused-ring (bicyclic) bond motifs is 1. The summed E-state index contributed by atoms with van der Waals surface area (Å²) in [5.74, 6) is 1.73. The largest absolute Gasteiger partial charge is 0.465 e. The van der Waals surface area contributed by atoms with E-state index in [0.717, 1.165) is 63.1 Å². The zero-order valence-corrected chi connectivity index (χ0v) is 25.1. The number of rotatable bonds is 13. The van der Waals surface area contributed by atoms with Gasteiger partial charge in [-0.05, 0) is 90.3 Å². The minimum Gasteiger partial charge on any atom is -0.465 e. The molecule has 42 heavy (non-hydrogen) atoms. The van der Waals surface area contributed by atoms with Gasteiger partial charge in [-0.2, -0.15) is 0 Å². The Morgan fingerprint density at radius 3 is 2.64 bits per heavy atom. The van der Waals surface area contributed by atoms with E-state index >= 15 is 0 Å². The van der Waals surface area contributed by atoms with Crippen molar-refractivity contribution < 1.29 is 22.4 Å². The number of amides is 1. The smallest absolute Gasteiger partial charge is 0.221 e. The first-order valence-electron chi connectivity index (χ1n) is 14.5. The molecule has 3 heterocycles. The Kier molecular flexibility index (Phi) is 9.47. The predicted molar refractivity (Wildman–Crippen MR) is 164 cm³/mol. The minimum absolute atomic E-state index is 0.107. The molecule has 4 aromatic rings. The summed E-state index contributed by atoms with van der Waals surface area (Å²) in [6, 6.07) is 16.5. The van der Waals surface area contributed by atoms with Gasteiger partial charge in [0.2, 0.25) is 15.9 Å². The standard InChI is InChI=1S/C32H40N4O5S/c1-22-7-8-28(41-22)20-34-19-23-5-3-6-25(15-23)26-16-27(18-31(33)37)32-29(17-26)30(21-35-32)24-9-11-36(12-10-24)42(38,39)14-4-13-40-2/h3,5-8,15-17,21,24,34-35H,4,9-14,18-20H2,1-2H3,(H2,33,37). The zero-order valence-electron chi connectivity index (χ0n) is 24.3. The number of methoxy groups -OCH3 is 1. The van der Waals surface area contributed by atoms with Crippen LogP contribution in [-0.2, 0) is 39.1 Å². The summed E-state index contributed by atoms with van der Waals surface area (Å²) in [5, 5.41) is 4.50. The number of primary amides is 1. The molecular formula is C32H40N4O5S. The number of benzene rings is 2. The molecule has 10 heteroatoms. The summed E-state index contributed by atoms with van der Waals surface area (Å²) in [5.41, 5.74) is 11.8. The number of ether oxygens (including phenoxy) is 1. The molecule has 0 radical (unpaired) electrons. The molecule has 1 aliphatic heterocycles. The third-order valence-electron chi connectivity index (χ3n) is 7.99. The topological polar surface area (TPSA) is 131 Å². The normalized spacial score (nSPS) is 15.0. The van der Waals surface area contributed by atoms with Crippen molar-refractivity contribution in [2.24, 2.45) is 5.73 Å². The van der Waals surface area contributed by atoms with Crippen LogP contribution >= 0.6 is 0 Å². The second-order valence-corrected chi connectivity index (χ2v) is 13.2. The first-order valence-corrected chi connectivity index (χ1v) is 16.1. The fourth-order valence-electron chi connectivity index (χ4n) is 5.89. The maximum Gasteiger partial charge on any atom is 0.221 e. The Morgan fingerprint density at radius 2 is 1.93 bits per heavy atom. The molecule has 1 fully saturated rings. The van der Waals surface area contributed by atoms with E-state index in [1.807, 2.05) is 37.4 Å². The van der Waals surface area contributed by atoms with Crippen LogP contribution in [-0.4, -0.2) is 56.2 Å². The average molecular weight is 593 g/mol. The summed E-state index contributed by atoms with van der Waals surface area (Å²) in [6.07, 6.45) is 4.12. The van der Waals surface area contributed by atoms with E-state index in [-0.39, 0.29) is 24.0 Å². The van der Waals surface area contributed by atoms with Gasteiger partial charge in [0, 0.05) is 50.5 Å². The quantitative estimate of drug-likeness (QED) is 0.195. The van der Waals surface area contributed by atoms with Crippen LogP contribution in [0, 0.1) is 6.92 Å². The van der Waals surface area contributed by atoms with Crippen molar-refractivity contribution in [2.45, 2.75) is 51.6 Å². The van der Waals surface area contributed by atoms with E-state index in [1.54, 1.807) is 11.4 Å². The first kappa shape index (κ1) is 30.0. The fraction of sp³-hybridized carbons (Fsp3) is 0.406. The van der Waals surface area contributed by atoms with Crippen molar-refractivity contribution in [3.05, 3.63) is 82.9 Å². The van der Waals surface area contributed by atoms with E-state index in [2.05, 4.69) is 34.6 Å². The van der Waals surface area contributed by atoms with E-state index in [1.165, 1.54) is 0 Å². The van der Waals surface area contributed by atoms with Crippen LogP contribution in [0.25, 0.3) is 22.0 Å². The number of hydrogen-bond donors (Lipinski definition) is 3. The Balaban J connectivity index is 1.37. The number of carbonyl (C=O) groups excluding carboxylic acids is 1. The maximum atomic E-state index is 12.8. The zero-order chi connectivity index (χ0) is 29.7. The number of piperidine rings is 1. The lowest BCUT2D eigenvalue weighted by molar-refractivity contribution is -0.117. The Morgan fingerprint density at radius 1 is 1.12 bits per heavy atom. The van der Waals surface area contributed by atoms with Crippen LogP contribution in [0.5, 0.6) is 0 Å². The van der Waals surface area contributed by atoms with Gasteiger partial charge in [-0.25, -0.2) is 12.7 Å². The lowest BCUT2D eigenvalue weighted by Gasteiger charge is -2.31. The molecule has 0 spiro atoms. The van der Waals surface area contributed by atoms with Crippen LogP contribution in [0.1, 0.15) is 53.4 Å². The molecule has 4 N–H and O–H groups in total. The lowest BCUT2D eigenvalue weighted by atomic mass is 9.88. The van der Waals surface area contributed by atoms with Gasteiger partial charge in [0.15, 0.2) is 0 Å². The van der Waals surface area contributed by atoms with E-state index in [9.17, 15) is 13.2 Å². The van der Waals surface area contributed by atoms with Crippen molar-refractivity contribution >= 4 is 26.8 Å². The highest BCUT2D eigenvalue weighted by Gasteiger charge is 2.29. The number of nitrogens with zero attached hydrogens (tertiary/aromatic N) is 1. The number of sulfonamides is 1. The lowest BCUT2D eigenvalue weighted by Crippen LogP contribution is -2.39. The van der Waals surface area contributed by atoms with Gasteiger partial charge >= 0.3 is 0 Å². The summed E-state index contributed by atoms with van der Waals surface area (Å²) in [4.78, 5) is 15.4. The van der Waals surface area contributed by atoms with Gasteiger partial charge in [-0.3, -0.25) is 4.79 Å². The van der Waals surface area contributed by atoms with Gasteiger partial charge in [0.1, 0.15) is 11.5 Å². The summed E-state index contributed by atoms with van der Waals surface area (Å²) >= 11 is 0. The molecule has 2 aromatic heterocycles. The van der Waals surface area contributed by atoms with E-state index in [0.29, 0.717) is 39.2 Å². The van der Waals surface area contributed by atoms with Crippen LogP contribution < -0.4 is 11.1 Å². The Labute approximate surface area is 247 Å². The highest BCUT2D eigenvalue weighted by molar-refractivity contribution is 7.89. The first-order chi connectivity index (χ1) is 20.2. The van der Waals surface area contributed by atoms with Gasteiger partial charge in [-0.15, -0.1) is 0 Å². The van der Waals surface area contributed by atoms with Gasteiger partial charge in [0.25, 0.3) is 0 Å². The summed E-state index contributed by atoms with van der Waals surface area (Å²) in [6.45, 7) is 4.69. The molecule has 224 valence electrons. The second kappa shape index (κ2) is 13.2. The Hall–Kier alpha value is -3.44. The SMILES string of the molecule is COCCCS(=O)(=O)N1CCC(c2c[nH]c3c(CC(N)=O)cc(-c4cccc(CNCc5ccc(C)o5)c4)cc23)CC1. The molecule has 2 aromatic carbocycles. The molecule has 0 unspecified atom stereocenters. The third-order valence-corrected chi connectivity index (χ3v) is 9.95. The van der Waals surface area contributed by atoms with Crippen molar-refractivity contribution in [3.63, 3.8) is 0 Å². The van der Waals surface area contributed by atoms with E-state index in [4.69, 9.17) is 14.9 Å². The van der Waals surface area contributed by atoms with Gasteiger partial charge in [0.05, 0.1) is 18.7 Å². The van der Waals surface area contributed by atoms with Gasteiger partial charge < -0.3 is 25.2 Å².